The predicted octanol–water partition coefficient (Wildman–Crippen LogP) is 1.95. The van der Waals surface area contributed by atoms with Gasteiger partial charge in [0.25, 0.3) is 0 Å². The topological polar surface area (TPSA) is 44.9 Å². The van der Waals surface area contributed by atoms with Gasteiger partial charge in [-0.2, -0.15) is 0 Å². The summed E-state index contributed by atoms with van der Waals surface area (Å²) in [4.78, 5) is 15.2. The number of fused-ring (bicyclic) bond motifs is 1. The van der Waals surface area contributed by atoms with E-state index in [0.717, 1.165) is 28.9 Å². The predicted molar refractivity (Wildman–Crippen MR) is 71.0 cm³/mol. The summed E-state index contributed by atoms with van der Waals surface area (Å²) in [5, 5.41) is 4.25. The summed E-state index contributed by atoms with van der Waals surface area (Å²) in [6.07, 6.45) is 1.69. The summed E-state index contributed by atoms with van der Waals surface area (Å²) >= 11 is 1.67. The Kier molecular flexibility index (Phi) is 2.91. The van der Waals surface area contributed by atoms with Crippen molar-refractivity contribution in [1.82, 2.24) is 10.3 Å². The fourth-order valence-electron chi connectivity index (χ4n) is 2.01. The molecule has 0 amide bonds. The highest BCUT2D eigenvalue weighted by Gasteiger charge is 2.23. The van der Waals surface area contributed by atoms with Gasteiger partial charge in [-0.05, 0) is 17.5 Å². The minimum atomic E-state index is -0.0681. The second-order valence-corrected chi connectivity index (χ2v) is 5.28. The smallest absolute Gasteiger partial charge is 0.169 e. The van der Waals surface area contributed by atoms with E-state index in [2.05, 4.69) is 10.3 Å². The van der Waals surface area contributed by atoms with Crippen molar-refractivity contribution in [2.24, 2.45) is 0 Å². The number of Topliss-reactive ketones (excluding diaryl/α,β-unsaturated/α-hetero) is 1. The standard InChI is InChI=1S/C13H13N2OS/c16-12(13-14-5-6-17-13)8-10-7-9-3-1-2-4-11(9)15-10/h1-4,7-8,13-15H,5-6H2. The first-order valence-corrected chi connectivity index (χ1v) is 6.69. The van der Waals surface area contributed by atoms with Gasteiger partial charge in [0.2, 0.25) is 0 Å². The van der Waals surface area contributed by atoms with E-state index in [4.69, 9.17) is 0 Å². The van der Waals surface area contributed by atoms with E-state index in [0.29, 0.717) is 0 Å². The Morgan fingerprint density at radius 1 is 1.41 bits per heavy atom. The van der Waals surface area contributed by atoms with Crippen molar-refractivity contribution in [3.63, 3.8) is 0 Å². The molecule has 1 aliphatic heterocycles. The molecular formula is C13H13N2OS. The van der Waals surface area contributed by atoms with Crippen LogP contribution in [0.1, 0.15) is 5.69 Å². The van der Waals surface area contributed by atoms with Gasteiger partial charge in [-0.15, -0.1) is 11.8 Å². The monoisotopic (exact) mass is 245 g/mol. The van der Waals surface area contributed by atoms with Gasteiger partial charge in [-0.3, -0.25) is 10.1 Å². The summed E-state index contributed by atoms with van der Waals surface area (Å²) < 4.78 is 0. The number of rotatable bonds is 3. The first-order chi connectivity index (χ1) is 8.33. The molecular weight excluding hydrogens is 232 g/mol. The number of benzene rings is 1. The molecule has 4 heteroatoms. The van der Waals surface area contributed by atoms with Gasteiger partial charge < -0.3 is 4.98 Å². The lowest BCUT2D eigenvalue weighted by molar-refractivity contribution is -0.115. The van der Waals surface area contributed by atoms with Gasteiger partial charge in [0.1, 0.15) is 5.37 Å². The van der Waals surface area contributed by atoms with Crippen LogP contribution in [0.25, 0.3) is 10.9 Å². The van der Waals surface area contributed by atoms with Crippen LogP contribution in [-0.2, 0) is 4.79 Å². The number of thioether (sulfide) groups is 1. The third-order valence-electron chi connectivity index (χ3n) is 2.82. The maximum atomic E-state index is 11.9. The number of carbonyl (C=O) groups excluding carboxylic acids is 1. The molecule has 2 aromatic rings. The average Bonchev–Trinajstić information content (AvgIpc) is 2.97. The molecule has 1 unspecified atom stereocenters. The van der Waals surface area contributed by atoms with Crippen LogP contribution in [0, 0.1) is 6.42 Å². The van der Waals surface area contributed by atoms with Gasteiger partial charge in [-0.25, -0.2) is 0 Å². The minimum Gasteiger partial charge on any atom is -0.358 e. The molecule has 1 aromatic carbocycles. The highest BCUT2D eigenvalue weighted by Crippen LogP contribution is 2.20. The van der Waals surface area contributed by atoms with Gasteiger partial charge in [-0.1, -0.05) is 18.2 Å². The fraction of sp³-hybridized carbons (Fsp3) is 0.231. The van der Waals surface area contributed by atoms with E-state index in [9.17, 15) is 4.79 Å². The number of ketones is 1. The van der Waals surface area contributed by atoms with Crippen LogP contribution in [-0.4, -0.2) is 28.4 Å². The lowest BCUT2D eigenvalue weighted by Crippen LogP contribution is -2.29. The zero-order chi connectivity index (χ0) is 11.7. The first-order valence-electron chi connectivity index (χ1n) is 5.64. The number of aromatic nitrogens is 1. The maximum absolute atomic E-state index is 11.9. The summed E-state index contributed by atoms with van der Waals surface area (Å²) in [6, 6.07) is 10.0. The number of nitrogens with one attached hydrogen (secondary N) is 2. The Morgan fingerprint density at radius 3 is 3.06 bits per heavy atom. The summed E-state index contributed by atoms with van der Waals surface area (Å²) in [5.74, 6) is 1.15. The molecule has 3 rings (SSSR count). The van der Waals surface area contributed by atoms with Gasteiger partial charge >= 0.3 is 0 Å². The molecule has 1 aliphatic rings. The Hall–Kier alpha value is -1.26. The molecule has 2 N–H and O–H groups in total. The molecule has 0 bridgehead atoms. The number of aromatic amines is 1. The lowest BCUT2D eigenvalue weighted by Gasteiger charge is -2.06. The van der Waals surface area contributed by atoms with E-state index in [1.54, 1.807) is 18.2 Å². The normalized spacial score (nSPS) is 19.9. The molecule has 0 saturated carbocycles. The average molecular weight is 245 g/mol. The molecule has 1 radical (unpaired) electrons. The maximum Gasteiger partial charge on any atom is 0.169 e. The Labute approximate surface area is 104 Å². The lowest BCUT2D eigenvalue weighted by atomic mass is 10.2. The summed E-state index contributed by atoms with van der Waals surface area (Å²) in [5.41, 5.74) is 1.95. The number of para-hydroxylation sites is 1. The third-order valence-corrected chi connectivity index (χ3v) is 4.00. The molecule has 0 aliphatic carbocycles. The molecule has 87 valence electrons. The quantitative estimate of drug-likeness (QED) is 0.868. The largest absolute Gasteiger partial charge is 0.358 e. The number of hydrogen-bond donors (Lipinski definition) is 2. The van der Waals surface area contributed by atoms with Crippen molar-refractivity contribution in [2.45, 2.75) is 5.37 Å². The second kappa shape index (κ2) is 4.55. The van der Waals surface area contributed by atoms with E-state index in [-0.39, 0.29) is 11.2 Å². The van der Waals surface area contributed by atoms with Gasteiger partial charge in [0.15, 0.2) is 5.78 Å². The molecule has 1 saturated heterocycles. The van der Waals surface area contributed by atoms with Crippen LogP contribution in [0.3, 0.4) is 0 Å². The van der Waals surface area contributed by atoms with Crippen molar-refractivity contribution in [3.05, 3.63) is 42.4 Å². The second-order valence-electron chi connectivity index (χ2n) is 4.06. The van der Waals surface area contributed by atoms with Crippen molar-refractivity contribution >= 4 is 28.4 Å². The molecule has 1 aromatic heterocycles. The van der Waals surface area contributed by atoms with Crippen LogP contribution < -0.4 is 5.32 Å². The highest BCUT2D eigenvalue weighted by atomic mass is 32.2. The zero-order valence-electron chi connectivity index (χ0n) is 9.27. The minimum absolute atomic E-state index is 0.0681. The summed E-state index contributed by atoms with van der Waals surface area (Å²) in [7, 11) is 0. The van der Waals surface area contributed by atoms with Crippen molar-refractivity contribution < 1.29 is 4.79 Å². The molecule has 1 fully saturated rings. The molecule has 1 atom stereocenters. The number of carbonyl (C=O) groups is 1. The van der Waals surface area contributed by atoms with Crippen molar-refractivity contribution in [2.75, 3.05) is 12.3 Å². The van der Waals surface area contributed by atoms with E-state index in [1.807, 2.05) is 30.3 Å². The van der Waals surface area contributed by atoms with Crippen LogP contribution in [0.4, 0.5) is 0 Å². The zero-order valence-corrected chi connectivity index (χ0v) is 10.1. The van der Waals surface area contributed by atoms with Crippen LogP contribution in [0.15, 0.2) is 30.3 Å². The molecule has 17 heavy (non-hydrogen) atoms. The van der Waals surface area contributed by atoms with Gasteiger partial charge in [0, 0.05) is 23.5 Å². The number of H-pyrrole nitrogens is 1. The van der Waals surface area contributed by atoms with Crippen LogP contribution in [0.2, 0.25) is 0 Å². The van der Waals surface area contributed by atoms with E-state index in [1.165, 1.54) is 0 Å². The third kappa shape index (κ3) is 2.23. The Bertz CT molecular complexity index is 510. The first kappa shape index (κ1) is 10.9. The fourth-order valence-corrected chi connectivity index (χ4v) is 2.95. The van der Waals surface area contributed by atoms with Crippen molar-refractivity contribution in [1.29, 1.82) is 0 Å². The van der Waals surface area contributed by atoms with Gasteiger partial charge in [0.05, 0.1) is 6.42 Å². The highest BCUT2D eigenvalue weighted by molar-refractivity contribution is 8.00. The van der Waals surface area contributed by atoms with E-state index >= 15 is 0 Å². The van der Waals surface area contributed by atoms with E-state index < -0.39 is 0 Å². The van der Waals surface area contributed by atoms with Crippen LogP contribution >= 0.6 is 11.8 Å². The van der Waals surface area contributed by atoms with Crippen molar-refractivity contribution in [3.8, 4) is 0 Å². The molecule has 2 heterocycles. The number of hydrogen-bond acceptors (Lipinski definition) is 3. The van der Waals surface area contributed by atoms with Crippen LogP contribution in [0.5, 0.6) is 0 Å². The molecule has 0 spiro atoms. The Balaban J connectivity index is 1.77. The SMILES string of the molecule is O=C([CH]c1cc2ccccc2[nH]1)C1NCCS1. The molecule has 3 nitrogen and oxygen atoms in total. The summed E-state index contributed by atoms with van der Waals surface area (Å²) in [6.45, 7) is 0.918. The Morgan fingerprint density at radius 2 is 2.29 bits per heavy atom.